The summed E-state index contributed by atoms with van der Waals surface area (Å²) in [6, 6.07) is 0. The van der Waals surface area contributed by atoms with Gasteiger partial charge in [-0.3, -0.25) is 0 Å². The van der Waals surface area contributed by atoms with Crippen molar-refractivity contribution in [2.45, 2.75) is 40.3 Å². The van der Waals surface area contributed by atoms with Crippen LogP contribution in [0.2, 0.25) is 0 Å². The van der Waals surface area contributed by atoms with Crippen molar-refractivity contribution >= 4 is 0 Å². The second-order valence-corrected chi connectivity index (χ2v) is 5.13. The lowest BCUT2D eigenvalue weighted by atomic mass is 9.97. The molecule has 0 fully saturated rings. The van der Waals surface area contributed by atoms with Gasteiger partial charge in [-0.1, -0.05) is 26.0 Å². The van der Waals surface area contributed by atoms with Crippen molar-refractivity contribution < 1.29 is 0 Å². The zero-order valence-electron chi connectivity index (χ0n) is 9.17. The first kappa shape index (κ1) is 9.65. The Hall–Kier alpha value is -0.900. The molecular formula is C10H18N4. The van der Waals surface area contributed by atoms with E-state index in [-0.39, 0.29) is 5.41 Å². The minimum atomic E-state index is 0.263. The molecule has 1 aromatic heterocycles. The van der Waals surface area contributed by atoms with Crippen molar-refractivity contribution in [1.82, 2.24) is 20.3 Å². The maximum Gasteiger partial charge on any atom is 0.0885 e. The molecule has 4 nitrogen and oxygen atoms in total. The molecule has 0 unspecified atom stereocenters. The highest BCUT2D eigenvalue weighted by Gasteiger charge is 2.19. The second-order valence-electron chi connectivity index (χ2n) is 5.13. The van der Waals surface area contributed by atoms with Crippen LogP contribution < -0.4 is 5.32 Å². The Bertz CT molecular complexity index is 321. The van der Waals surface area contributed by atoms with Gasteiger partial charge in [0.15, 0.2) is 0 Å². The van der Waals surface area contributed by atoms with Crippen LogP contribution in [-0.4, -0.2) is 21.5 Å². The Morgan fingerprint density at radius 1 is 1.43 bits per heavy atom. The van der Waals surface area contributed by atoms with Crippen molar-refractivity contribution in [2.75, 3.05) is 6.54 Å². The average molecular weight is 194 g/mol. The number of rotatable bonds is 1. The molecule has 0 saturated heterocycles. The fourth-order valence-electron chi connectivity index (χ4n) is 1.75. The fourth-order valence-corrected chi connectivity index (χ4v) is 1.75. The highest BCUT2D eigenvalue weighted by atomic mass is 15.4. The topological polar surface area (TPSA) is 42.7 Å². The fraction of sp³-hybridized carbons (Fsp3) is 0.800. The molecule has 2 heterocycles. The summed E-state index contributed by atoms with van der Waals surface area (Å²) in [4.78, 5) is 0. The summed E-state index contributed by atoms with van der Waals surface area (Å²) in [5, 5.41) is 11.8. The van der Waals surface area contributed by atoms with Crippen LogP contribution in [0.4, 0.5) is 0 Å². The second kappa shape index (κ2) is 3.35. The lowest BCUT2D eigenvalue weighted by molar-refractivity contribution is 0.313. The lowest BCUT2D eigenvalue weighted by Gasteiger charge is -2.20. The Labute approximate surface area is 84.7 Å². The van der Waals surface area contributed by atoms with Crippen LogP contribution in [0.15, 0.2) is 0 Å². The quantitative estimate of drug-likeness (QED) is 0.724. The van der Waals surface area contributed by atoms with Crippen molar-refractivity contribution in [3.8, 4) is 0 Å². The van der Waals surface area contributed by atoms with Gasteiger partial charge in [-0.2, -0.15) is 0 Å². The van der Waals surface area contributed by atoms with Gasteiger partial charge in [0.25, 0.3) is 0 Å². The van der Waals surface area contributed by atoms with Crippen LogP contribution in [0.1, 0.15) is 32.2 Å². The van der Waals surface area contributed by atoms with Crippen molar-refractivity contribution in [3.05, 3.63) is 11.4 Å². The van der Waals surface area contributed by atoms with Crippen molar-refractivity contribution in [1.29, 1.82) is 0 Å². The Morgan fingerprint density at radius 2 is 2.21 bits per heavy atom. The van der Waals surface area contributed by atoms with E-state index >= 15 is 0 Å². The van der Waals surface area contributed by atoms with E-state index in [0.717, 1.165) is 26.1 Å². The number of nitrogens with one attached hydrogen (secondary N) is 1. The van der Waals surface area contributed by atoms with E-state index in [9.17, 15) is 0 Å². The zero-order valence-corrected chi connectivity index (χ0v) is 9.17. The first-order valence-corrected chi connectivity index (χ1v) is 5.18. The van der Waals surface area contributed by atoms with Crippen LogP contribution in [0.25, 0.3) is 0 Å². The largest absolute Gasteiger partial charge is 0.311 e. The Morgan fingerprint density at radius 3 is 2.93 bits per heavy atom. The molecule has 0 saturated carbocycles. The molecule has 0 radical (unpaired) electrons. The van der Waals surface area contributed by atoms with Gasteiger partial charge in [0.05, 0.1) is 11.4 Å². The van der Waals surface area contributed by atoms with Crippen LogP contribution in [0.3, 0.4) is 0 Å². The summed E-state index contributed by atoms with van der Waals surface area (Å²) in [6.45, 7) is 9.54. The first-order chi connectivity index (χ1) is 6.56. The predicted octanol–water partition coefficient (Wildman–Crippen LogP) is 0.970. The number of hydrogen-bond donors (Lipinski definition) is 1. The number of fused-ring (bicyclic) bond motifs is 1. The summed E-state index contributed by atoms with van der Waals surface area (Å²) in [6.07, 6.45) is 1.01. The van der Waals surface area contributed by atoms with Crippen molar-refractivity contribution in [3.63, 3.8) is 0 Å². The summed E-state index contributed by atoms with van der Waals surface area (Å²) >= 11 is 0. The van der Waals surface area contributed by atoms with E-state index < -0.39 is 0 Å². The van der Waals surface area contributed by atoms with Gasteiger partial charge in [-0.05, 0) is 5.41 Å². The van der Waals surface area contributed by atoms with Crippen LogP contribution in [0.5, 0.6) is 0 Å². The normalized spacial score (nSPS) is 16.8. The summed E-state index contributed by atoms with van der Waals surface area (Å²) < 4.78 is 2.04. The van der Waals surface area contributed by atoms with Crippen LogP contribution >= 0.6 is 0 Å². The Balaban J connectivity index is 2.22. The molecule has 1 aromatic rings. The number of nitrogens with zero attached hydrogens (tertiary/aromatic N) is 3. The van der Waals surface area contributed by atoms with Gasteiger partial charge in [-0.25, -0.2) is 4.68 Å². The summed E-state index contributed by atoms with van der Waals surface area (Å²) in [5.74, 6) is 0. The molecule has 78 valence electrons. The first-order valence-electron chi connectivity index (χ1n) is 5.18. The standard InChI is InChI=1S/C10H18N4/c1-10(2,3)7-14-9-6-11-5-4-8(9)12-13-14/h11H,4-7H2,1-3H3. The molecule has 0 aliphatic carbocycles. The number of hydrogen-bond acceptors (Lipinski definition) is 3. The maximum atomic E-state index is 4.21. The molecule has 0 aromatic carbocycles. The van der Waals surface area contributed by atoms with Crippen molar-refractivity contribution in [2.24, 2.45) is 5.41 Å². The molecule has 1 aliphatic rings. The highest BCUT2D eigenvalue weighted by Crippen LogP contribution is 2.19. The lowest BCUT2D eigenvalue weighted by Crippen LogP contribution is -2.27. The van der Waals surface area contributed by atoms with E-state index in [1.165, 1.54) is 11.4 Å². The van der Waals surface area contributed by atoms with Gasteiger partial charge < -0.3 is 5.32 Å². The molecule has 0 amide bonds. The third kappa shape index (κ3) is 1.95. The maximum absolute atomic E-state index is 4.21. The summed E-state index contributed by atoms with van der Waals surface area (Å²) in [7, 11) is 0. The van der Waals surface area contributed by atoms with E-state index in [0.29, 0.717) is 0 Å². The molecule has 4 heteroatoms. The Kier molecular flexibility index (Phi) is 2.31. The summed E-state index contributed by atoms with van der Waals surface area (Å²) in [5.41, 5.74) is 2.71. The number of aromatic nitrogens is 3. The molecular weight excluding hydrogens is 176 g/mol. The van der Waals surface area contributed by atoms with Gasteiger partial charge in [0, 0.05) is 26.1 Å². The minimum absolute atomic E-state index is 0.263. The van der Waals surface area contributed by atoms with E-state index in [2.05, 4.69) is 36.4 Å². The van der Waals surface area contributed by atoms with E-state index in [1.54, 1.807) is 0 Å². The molecule has 1 N–H and O–H groups in total. The molecule has 0 bridgehead atoms. The third-order valence-electron chi connectivity index (χ3n) is 2.37. The third-order valence-corrected chi connectivity index (χ3v) is 2.37. The molecule has 2 rings (SSSR count). The average Bonchev–Trinajstić information content (AvgIpc) is 2.47. The predicted molar refractivity (Wildman–Crippen MR) is 54.9 cm³/mol. The molecule has 0 atom stereocenters. The van der Waals surface area contributed by atoms with Gasteiger partial charge in [0.2, 0.25) is 0 Å². The molecule has 1 aliphatic heterocycles. The smallest absolute Gasteiger partial charge is 0.0885 e. The highest BCUT2D eigenvalue weighted by molar-refractivity contribution is 5.13. The van der Waals surface area contributed by atoms with Gasteiger partial charge >= 0.3 is 0 Å². The van der Waals surface area contributed by atoms with Gasteiger partial charge in [-0.15, -0.1) is 5.10 Å². The zero-order chi connectivity index (χ0) is 10.2. The van der Waals surface area contributed by atoms with E-state index in [1.807, 2.05) is 4.68 Å². The van der Waals surface area contributed by atoms with E-state index in [4.69, 9.17) is 0 Å². The van der Waals surface area contributed by atoms with Crippen LogP contribution in [0, 0.1) is 5.41 Å². The van der Waals surface area contributed by atoms with Gasteiger partial charge in [0.1, 0.15) is 0 Å². The monoisotopic (exact) mass is 194 g/mol. The molecule has 0 spiro atoms. The molecule has 14 heavy (non-hydrogen) atoms. The van der Waals surface area contributed by atoms with Crippen LogP contribution in [-0.2, 0) is 19.5 Å². The minimum Gasteiger partial charge on any atom is -0.311 e. The SMILES string of the molecule is CC(C)(C)Cn1nnc2c1CNCC2.